The van der Waals surface area contributed by atoms with E-state index in [1.807, 2.05) is 73.7 Å². The van der Waals surface area contributed by atoms with Crippen LogP contribution in [0.4, 0.5) is 0 Å². The lowest BCUT2D eigenvalue weighted by Crippen LogP contribution is -2.47. The quantitative estimate of drug-likeness (QED) is 0.102. The number of aryl methyl sites for hydroxylation is 1. The average molecular weight is 684 g/mol. The number of likely N-dealkylation sites (tertiary alicyclic amines) is 2. The molecular formula is C36H44Cl2N4O3S. The van der Waals surface area contributed by atoms with Gasteiger partial charge < -0.3 is 9.64 Å². The number of halogens is 2. The lowest BCUT2D eigenvalue weighted by molar-refractivity contribution is 0.0858. The van der Waals surface area contributed by atoms with Gasteiger partial charge in [-0.2, -0.15) is 0 Å². The highest BCUT2D eigenvalue weighted by atomic mass is 35.5. The molecule has 0 aliphatic carbocycles. The highest BCUT2D eigenvalue weighted by Crippen LogP contribution is 2.24. The van der Waals surface area contributed by atoms with Crippen LogP contribution in [-0.4, -0.2) is 70.5 Å². The summed E-state index contributed by atoms with van der Waals surface area (Å²) in [4.78, 5) is 36.0. The summed E-state index contributed by atoms with van der Waals surface area (Å²) in [5.74, 6) is 1.43. The first-order valence-electron chi connectivity index (χ1n) is 15.9. The molecule has 4 aromatic rings. The number of hydrogen-bond donors (Lipinski definition) is 0. The summed E-state index contributed by atoms with van der Waals surface area (Å²) in [7, 11) is 1.77. The van der Waals surface area contributed by atoms with E-state index < -0.39 is 0 Å². The zero-order valence-corrected chi connectivity index (χ0v) is 29.1. The molecule has 2 aliphatic rings. The van der Waals surface area contributed by atoms with E-state index in [1.165, 1.54) is 57.0 Å². The van der Waals surface area contributed by atoms with Crippen LogP contribution in [0.25, 0.3) is 10.9 Å². The van der Waals surface area contributed by atoms with Gasteiger partial charge >= 0.3 is 0 Å². The van der Waals surface area contributed by atoms with Gasteiger partial charge in [-0.15, -0.1) is 24.8 Å². The number of benzene rings is 3. The number of carbonyl (C=O) groups is 1. The van der Waals surface area contributed by atoms with Crippen LogP contribution in [-0.2, 0) is 12.8 Å². The van der Waals surface area contributed by atoms with Gasteiger partial charge in [0, 0.05) is 36.5 Å². The van der Waals surface area contributed by atoms with Gasteiger partial charge in [-0.3, -0.25) is 19.1 Å². The highest BCUT2D eigenvalue weighted by Gasteiger charge is 2.25. The molecule has 0 spiro atoms. The zero-order chi connectivity index (χ0) is 30.5. The Kier molecular flexibility index (Phi) is 13.1. The van der Waals surface area contributed by atoms with Gasteiger partial charge in [0.2, 0.25) is 0 Å². The second-order valence-corrected chi connectivity index (χ2v) is 13.0. The third kappa shape index (κ3) is 8.52. The molecule has 3 aromatic carbocycles. The molecule has 3 heterocycles. The number of ketones is 1. The van der Waals surface area contributed by atoms with Crippen LogP contribution in [0.2, 0.25) is 0 Å². The Balaban J connectivity index is 0.00000240. The lowest BCUT2D eigenvalue weighted by Gasteiger charge is -2.40. The van der Waals surface area contributed by atoms with Crippen LogP contribution in [0.5, 0.6) is 5.75 Å². The van der Waals surface area contributed by atoms with E-state index in [9.17, 15) is 9.59 Å². The minimum atomic E-state index is -0.0313. The van der Waals surface area contributed by atoms with Crippen LogP contribution < -0.4 is 10.3 Å². The van der Waals surface area contributed by atoms with Crippen molar-refractivity contribution in [3.05, 3.63) is 99.3 Å². The highest BCUT2D eigenvalue weighted by molar-refractivity contribution is 7.98. The molecule has 0 bridgehead atoms. The monoisotopic (exact) mass is 682 g/mol. The molecule has 246 valence electrons. The summed E-state index contributed by atoms with van der Waals surface area (Å²) in [6.07, 6.45) is 6.64. The second-order valence-electron chi connectivity index (χ2n) is 12.1. The number of thioether (sulfide) groups is 1. The molecular weight excluding hydrogens is 639 g/mol. The first-order valence-corrected chi connectivity index (χ1v) is 16.9. The molecule has 46 heavy (non-hydrogen) atoms. The van der Waals surface area contributed by atoms with Gasteiger partial charge in [0.05, 0.1) is 10.9 Å². The van der Waals surface area contributed by atoms with Crippen molar-refractivity contribution >= 4 is 53.3 Å². The number of nitrogens with zero attached hydrogens (tertiary/aromatic N) is 4. The van der Waals surface area contributed by atoms with Gasteiger partial charge in [0.25, 0.3) is 5.56 Å². The van der Waals surface area contributed by atoms with Crippen molar-refractivity contribution in [2.45, 2.75) is 56.0 Å². The molecule has 2 saturated heterocycles. The third-order valence-electron chi connectivity index (χ3n) is 9.11. The number of piperidine rings is 2. The third-order valence-corrected chi connectivity index (χ3v) is 10.2. The largest absolute Gasteiger partial charge is 0.492 e. The fourth-order valence-corrected chi connectivity index (χ4v) is 7.37. The summed E-state index contributed by atoms with van der Waals surface area (Å²) < 4.78 is 7.64. The Labute approximate surface area is 288 Å². The first kappa shape index (κ1) is 36.0. The maximum atomic E-state index is 13.1. The molecule has 2 fully saturated rings. The van der Waals surface area contributed by atoms with Crippen molar-refractivity contribution in [1.82, 2.24) is 19.4 Å². The molecule has 0 radical (unpaired) electrons. The number of ether oxygens (including phenoxy) is 1. The lowest BCUT2D eigenvalue weighted by atomic mass is 10.00. The van der Waals surface area contributed by atoms with Gasteiger partial charge in [-0.1, -0.05) is 54.6 Å². The normalized spacial score (nSPS) is 16.0. The topological polar surface area (TPSA) is 67.7 Å². The van der Waals surface area contributed by atoms with Crippen molar-refractivity contribution in [3.8, 4) is 5.75 Å². The van der Waals surface area contributed by atoms with Crippen molar-refractivity contribution in [2.24, 2.45) is 7.05 Å². The van der Waals surface area contributed by atoms with E-state index in [4.69, 9.17) is 9.72 Å². The number of hydrogen-bond acceptors (Lipinski definition) is 7. The SMILES string of the molecule is Cc1cccc2nc(SCc3ccc(C(=O)c4ccc(OCCN5CCC(N6CCCCC6)CC5)cc4)cc3)n(C)c(=O)c12.Cl.Cl. The molecule has 0 saturated carbocycles. The van der Waals surface area contributed by atoms with E-state index in [-0.39, 0.29) is 36.2 Å². The molecule has 0 atom stereocenters. The summed E-state index contributed by atoms with van der Waals surface area (Å²) >= 11 is 1.52. The Morgan fingerprint density at radius 1 is 0.891 bits per heavy atom. The summed E-state index contributed by atoms with van der Waals surface area (Å²) in [5, 5.41) is 1.34. The van der Waals surface area contributed by atoms with Gasteiger partial charge in [-0.05, 0) is 100 Å². The molecule has 10 heteroatoms. The van der Waals surface area contributed by atoms with Gasteiger partial charge in [0.15, 0.2) is 10.9 Å². The predicted octanol–water partition coefficient (Wildman–Crippen LogP) is 6.94. The molecule has 1 aromatic heterocycles. The molecule has 7 nitrogen and oxygen atoms in total. The van der Waals surface area contributed by atoms with Crippen LogP contribution in [0, 0.1) is 6.92 Å². The Morgan fingerprint density at radius 3 is 2.22 bits per heavy atom. The van der Waals surface area contributed by atoms with E-state index >= 15 is 0 Å². The standard InChI is InChI=1S/C36H42N4O3S.2ClH/c1-26-7-6-8-32-33(26)35(42)38(2)36(37-32)44-25-27-9-11-28(12-10-27)34(41)29-13-15-31(16-14-29)43-24-23-39-21-17-30(18-22-39)40-19-4-3-5-20-40;;/h6-16,30H,3-5,17-25H2,1-2H3;2*1H. The predicted molar refractivity (Wildman–Crippen MR) is 192 cm³/mol. The van der Waals surface area contributed by atoms with Crippen LogP contribution in [0.3, 0.4) is 0 Å². The van der Waals surface area contributed by atoms with Crippen LogP contribution in [0.15, 0.2) is 76.7 Å². The zero-order valence-electron chi connectivity index (χ0n) is 26.7. The number of rotatable bonds is 10. The van der Waals surface area contributed by atoms with Crippen molar-refractivity contribution in [1.29, 1.82) is 0 Å². The van der Waals surface area contributed by atoms with Gasteiger partial charge in [-0.25, -0.2) is 4.98 Å². The van der Waals surface area contributed by atoms with E-state index in [2.05, 4.69) is 9.80 Å². The average Bonchev–Trinajstić information content (AvgIpc) is 3.07. The molecule has 2 aliphatic heterocycles. The van der Waals surface area contributed by atoms with Crippen molar-refractivity contribution < 1.29 is 9.53 Å². The smallest absolute Gasteiger partial charge is 0.262 e. The maximum Gasteiger partial charge on any atom is 0.262 e. The second kappa shape index (κ2) is 16.8. The maximum absolute atomic E-state index is 13.1. The molecule has 0 amide bonds. The van der Waals surface area contributed by atoms with Crippen LogP contribution in [0.1, 0.15) is 59.2 Å². The first-order chi connectivity index (χ1) is 21.5. The summed E-state index contributed by atoms with van der Waals surface area (Å²) in [6.45, 7) is 8.39. The molecule has 0 unspecified atom stereocenters. The minimum Gasteiger partial charge on any atom is -0.492 e. The number of carbonyl (C=O) groups excluding carboxylic acids is 1. The number of fused-ring (bicyclic) bond motifs is 1. The van der Waals surface area contributed by atoms with E-state index in [0.29, 0.717) is 34.0 Å². The van der Waals surface area contributed by atoms with Crippen molar-refractivity contribution in [3.63, 3.8) is 0 Å². The number of aromatic nitrogens is 2. The Bertz CT molecular complexity index is 1650. The Morgan fingerprint density at radius 2 is 1.54 bits per heavy atom. The van der Waals surface area contributed by atoms with Crippen molar-refractivity contribution in [2.75, 3.05) is 39.3 Å². The van der Waals surface area contributed by atoms with E-state index in [1.54, 1.807) is 11.6 Å². The van der Waals surface area contributed by atoms with Gasteiger partial charge in [0.1, 0.15) is 12.4 Å². The summed E-state index contributed by atoms with van der Waals surface area (Å²) in [5.41, 5.74) is 3.97. The fourth-order valence-electron chi connectivity index (χ4n) is 6.44. The molecule has 0 N–H and O–H groups in total. The molecule has 6 rings (SSSR count). The minimum absolute atomic E-state index is 0. The fraction of sp³-hybridized carbons (Fsp3) is 0.417. The van der Waals surface area contributed by atoms with E-state index in [0.717, 1.165) is 48.1 Å². The summed E-state index contributed by atoms with van der Waals surface area (Å²) in [6, 6.07) is 21.7. The Hall–Kier alpha value is -2.88. The van der Waals surface area contributed by atoms with Crippen LogP contribution >= 0.6 is 36.6 Å².